The summed E-state index contributed by atoms with van der Waals surface area (Å²) in [6, 6.07) is 5.43. The van der Waals surface area contributed by atoms with E-state index in [0.717, 1.165) is 18.4 Å². The number of thioether (sulfide) groups is 1. The monoisotopic (exact) mass is 548 g/mol. The van der Waals surface area contributed by atoms with E-state index in [2.05, 4.69) is 10.6 Å². The second-order valence-electron chi connectivity index (χ2n) is 10.7. The molecule has 37 heavy (non-hydrogen) atoms. The Morgan fingerprint density at radius 2 is 1.81 bits per heavy atom. The fourth-order valence-corrected chi connectivity index (χ4v) is 6.60. The highest BCUT2D eigenvalue weighted by Gasteiger charge is 2.36. The van der Waals surface area contributed by atoms with Crippen molar-refractivity contribution in [1.29, 1.82) is 0 Å². The van der Waals surface area contributed by atoms with Crippen LogP contribution in [-0.4, -0.2) is 50.3 Å². The van der Waals surface area contributed by atoms with Crippen molar-refractivity contribution in [2.24, 2.45) is 11.8 Å². The largest absolute Gasteiger partial charge is 0.371 e. The zero-order chi connectivity index (χ0) is 26.9. The van der Waals surface area contributed by atoms with E-state index in [-0.39, 0.29) is 35.5 Å². The maximum Gasteiger partial charge on any atom is 0.269 e. The standard InChI is InChI=1S/C27H40N4O4S2/c1-18(2)15-25(32)30-17-37-16-24(30)26(33)29-23(14-9-20-7-5-4-6-8-20)27(36)28-19(3)21-10-12-22(13-11-21)31(34)35/h10-13,18-20,23-24H,4-9,14-17H2,1-3H3,(H,28,36)(H,29,33)/t19-,23-,24+/m1/s1. The summed E-state index contributed by atoms with van der Waals surface area (Å²) in [6.45, 7) is 5.97. The lowest BCUT2D eigenvalue weighted by atomic mass is 9.85. The number of nitro groups is 1. The number of amides is 2. The molecule has 1 aliphatic carbocycles. The molecule has 2 aliphatic rings. The van der Waals surface area contributed by atoms with Crippen molar-refractivity contribution in [2.75, 3.05) is 11.6 Å². The van der Waals surface area contributed by atoms with E-state index in [9.17, 15) is 19.7 Å². The van der Waals surface area contributed by atoms with Gasteiger partial charge in [-0.2, -0.15) is 0 Å². The molecule has 2 N–H and O–H groups in total. The van der Waals surface area contributed by atoms with Gasteiger partial charge in [0.2, 0.25) is 11.8 Å². The highest BCUT2D eigenvalue weighted by molar-refractivity contribution is 7.99. The predicted molar refractivity (Wildman–Crippen MR) is 152 cm³/mol. The first-order valence-corrected chi connectivity index (χ1v) is 14.9. The Bertz CT molecular complexity index is 950. The molecule has 8 nitrogen and oxygen atoms in total. The molecule has 3 rings (SSSR count). The number of carbonyl (C=O) groups excluding carboxylic acids is 2. The SMILES string of the molecule is CC(C)CC(=O)N1CSC[C@H]1C(=O)N[C@H](CCC1CCCCC1)C(=S)N[C@H](C)c1ccc([N+](=O)[O-])cc1. The number of hydrogen-bond donors (Lipinski definition) is 2. The van der Waals surface area contributed by atoms with Gasteiger partial charge in [0.15, 0.2) is 0 Å². The van der Waals surface area contributed by atoms with Crippen LogP contribution in [-0.2, 0) is 9.59 Å². The molecule has 1 aliphatic heterocycles. The topological polar surface area (TPSA) is 105 Å². The zero-order valence-electron chi connectivity index (χ0n) is 22.1. The molecule has 1 aromatic rings. The molecule has 1 heterocycles. The second-order valence-corrected chi connectivity index (χ2v) is 12.1. The molecule has 2 fully saturated rings. The fraction of sp³-hybridized carbons (Fsp3) is 0.667. The Balaban J connectivity index is 1.67. The van der Waals surface area contributed by atoms with Crippen molar-refractivity contribution >= 4 is 46.5 Å². The van der Waals surface area contributed by atoms with Crippen LogP contribution in [0.3, 0.4) is 0 Å². The molecule has 1 aromatic carbocycles. The molecule has 3 atom stereocenters. The predicted octanol–water partition coefficient (Wildman–Crippen LogP) is 5.37. The molecular weight excluding hydrogens is 508 g/mol. The van der Waals surface area contributed by atoms with Gasteiger partial charge in [-0.3, -0.25) is 19.7 Å². The molecular formula is C27H40N4O4S2. The molecule has 0 bridgehead atoms. The van der Waals surface area contributed by atoms with Crippen molar-refractivity contribution in [3.05, 3.63) is 39.9 Å². The van der Waals surface area contributed by atoms with Crippen LogP contribution in [0.5, 0.6) is 0 Å². The van der Waals surface area contributed by atoms with E-state index in [4.69, 9.17) is 12.2 Å². The van der Waals surface area contributed by atoms with Gasteiger partial charge in [0.05, 0.1) is 21.8 Å². The third-order valence-electron chi connectivity index (χ3n) is 7.27. The summed E-state index contributed by atoms with van der Waals surface area (Å²) in [5, 5.41) is 17.5. The number of carbonyl (C=O) groups is 2. The number of nitrogens with zero attached hydrogens (tertiary/aromatic N) is 2. The fourth-order valence-electron chi connectivity index (χ4n) is 5.07. The van der Waals surface area contributed by atoms with E-state index >= 15 is 0 Å². The van der Waals surface area contributed by atoms with Crippen molar-refractivity contribution in [2.45, 2.75) is 90.3 Å². The highest BCUT2D eigenvalue weighted by atomic mass is 32.2. The third kappa shape index (κ3) is 8.67. The molecule has 1 saturated carbocycles. The summed E-state index contributed by atoms with van der Waals surface area (Å²) in [5.74, 6) is 1.88. The lowest BCUT2D eigenvalue weighted by Crippen LogP contribution is -2.53. The molecule has 0 spiro atoms. The number of thiocarbonyl (C=S) groups is 1. The van der Waals surface area contributed by atoms with E-state index in [1.54, 1.807) is 28.8 Å². The lowest BCUT2D eigenvalue weighted by Gasteiger charge is -2.29. The third-order valence-corrected chi connectivity index (χ3v) is 8.69. The van der Waals surface area contributed by atoms with Gasteiger partial charge in [0, 0.05) is 30.3 Å². The minimum Gasteiger partial charge on any atom is -0.371 e. The Kier molecular flexibility index (Phi) is 11.2. The van der Waals surface area contributed by atoms with Gasteiger partial charge in [0.1, 0.15) is 6.04 Å². The van der Waals surface area contributed by atoms with Crippen LogP contribution in [0, 0.1) is 22.0 Å². The van der Waals surface area contributed by atoms with E-state index in [1.165, 1.54) is 44.2 Å². The van der Waals surface area contributed by atoms with Gasteiger partial charge >= 0.3 is 0 Å². The molecule has 0 radical (unpaired) electrons. The quantitative estimate of drug-likeness (QED) is 0.218. The molecule has 0 unspecified atom stereocenters. The number of hydrogen-bond acceptors (Lipinski definition) is 6. The number of nitrogens with one attached hydrogen (secondary N) is 2. The lowest BCUT2D eigenvalue weighted by molar-refractivity contribution is -0.384. The van der Waals surface area contributed by atoms with E-state index < -0.39 is 11.0 Å². The van der Waals surface area contributed by atoms with Crippen LogP contribution in [0.4, 0.5) is 5.69 Å². The Morgan fingerprint density at radius 1 is 1.14 bits per heavy atom. The minimum absolute atomic E-state index is 0.0198. The Labute approximate surface area is 229 Å². The van der Waals surface area contributed by atoms with Crippen LogP contribution < -0.4 is 10.6 Å². The Hall–Kier alpha value is -2.20. The minimum atomic E-state index is -0.483. The highest BCUT2D eigenvalue weighted by Crippen LogP contribution is 2.28. The smallest absolute Gasteiger partial charge is 0.269 e. The molecule has 0 aromatic heterocycles. The first-order valence-electron chi connectivity index (χ1n) is 13.4. The molecule has 10 heteroatoms. The van der Waals surface area contributed by atoms with Crippen molar-refractivity contribution < 1.29 is 14.5 Å². The normalized spacial score (nSPS) is 19.9. The molecule has 204 valence electrons. The number of non-ortho nitro benzene ring substituents is 1. The summed E-state index contributed by atoms with van der Waals surface area (Å²) >= 11 is 7.40. The first kappa shape index (κ1) is 29.4. The molecule has 1 saturated heterocycles. The number of nitro benzene ring substituents is 1. The van der Waals surface area contributed by atoms with Gasteiger partial charge in [-0.1, -0.05) is 70.3 Å². The van der Waals surface area contributed by atoms with Crippen LogP contribution >= 0.6 is 24.0 Å². The first-order chi connectivity index (χ1) is 17.7. The van der Waals surface area contributed by atoms with Crippen LogP contribution in [0.2, 0.25) is 0 Å². The maximum atomic E-state index is 13.4. The number of rotatable bonds is 11. The van der Waals surface area contributed by atoms with Crippen molar-refractivity contribution in [3.8, 4) is 0 Å². The van der Waals surface area contributed by atoms with Gasteiger partial charge < -0.3 is 15.5 Å². The van der Waals surface area contributed by atoms with Crippen LogP contribution in [0.25, 0.3) is 0 Å². The average molecular weight is 549 g/mol. The molecule has 2 amide bonds. The van der Waals surface area contributed by atoms with E-state index in [1.807, 2.05) is 20.8 Å². The summed E-state index contributed by atoms with van der Waals surface area (Å²) < 4.78 is 0. The summed E-state index contributed by atoms with van der Waals surface area (Å²) in [5.41, 5.74) is 0.921. The summed E-state index contributed by atoms with van der Waals surface area (Å²) in [6.07, 6.45) is 8.42. The average Bonchev–Trinajstić information content (AvgIpc) is 3.37. The summed E-state index contributed by atoms with van der Waals surface area (Å²) in [4.78, 5) is 39.0. The van der Waals surface area contributed by atoms with E-state index in [0.29, 0.717) is 29.0 Å². The van der Waals surface area contributed by atoms with Gasteiger partial charge in [-0.05, 0) is 37.2 Å². The summed E-state index contributed by atoms with van der Waals surface area (Å²) in [7, 11) is 0. The maximum absolute atomic E-state index is 13.4. The van der Waals surface area contributed by atoms with Crippen LogP contribution in [0.15, 0.2) is 24.3 Å². The van der Waals surface area contributed by atoms with Crippen molar-refractivity contribution in [3.63, 3.8) is 0 Å². The van der Waals surface area contributed by atoms with Gasteiger partial charge in [0.25, 0.3) is 5.69 Å². The van der Waals surface area contributed by atoms with Gasteiger partial charge in [-0.15, -0.1) is 11.8 Å². The van der Waals surface area contributed by atoms with Crippen molar-refractivity contribution in [1.82, 2.24) is 15.5 Å². The zero-order valence-corrected chi connectivity index (χ0v) is 23.7. The van der Waals surface area contributed by atoms with Crippen LogP contribution in [0.1, 0.15) is 83.7 Å². The Morgan fingerprint density at radius 3 is 2.43 bits per heavy atom. The van der Waals surface area contributed by atoms with Gasteiger partial charge in [-0.25, -0.2) is 0 Å². The number of benzene rings is 1. The second kappa shape index (κ2) is 14.1.